The second-order valence-electron chi connectivity index (χ2n) is 9.38. The Morgan fingerprint density at radius 2 is 1.77 bits per heavy atom. The molecule has 4 rings (SSSR count). The summed E-state index contributed by atoms with van der Waals surface area (Å²) in [6.07, 6.45) is 0.540. The molecule has 2 aliphatic rings. The van der Waals surface area contributed by atoms with Crippen LogP contribution in [0.15, 0.2) is 48.5 Å². The van der Waals surface area contributed by atoms with Crippen molar-refractivity contribution in [1.82, 2.24) is 10.2 Å². The van der Waals surface area contributed by atoms with Crippen molar-refractivity contribution in [3.05, 3.63) is 54.1 Å². The highest BCUT2D eigenvalue weighted by Gasteiger charge is 2.56. The van der Waals surface area contributed by atoms with E-state index in [1.54, 1.807) is 6.07 Å². The third kappa shape index (κ3) is 5.44. The predicted molar refractivity (Wildman–Crippen MR) is 119 cm³/mol. The quantitative estimate of drug-likeness (QED) is 0.683. The van der Waals surface area contributed by atoms with Crippen molar-refractivity contribution in [3.63, 3.8) is 0 Å². The van der Waals surface area contributed by atoms with Gasteiger partial charge in [0.05, 0.1) is 0 Å². The number of nitrogens with zero attached hydrogens (tertiary/aromatic N) is 1. The van der Waals surface area contributed by atoms with Gasteiger partial charge in [-0.05, 0) is 61.9 Å². The second kappa shape index (κ2) is 8.71. The van der Waals surface area contributed by atoms with Gasteiger partial charge in [0.1, 0.15) is 24.2 Å². The van der Waals surface area contributed by atoms with Gasteiger partial charge in [0.25, 0.3) is 0 Å². The lowest BCUT2D eigenvalue weighted by atomic mass is 10.0. The van der Waals surface area contributed by atoms with E-state index in [4.69, 9.17) is 9.47 Å². The maximum Gasteiger partial charge on any atom is 0.407 e. The molecule has 1 amide bonds. The van der Waals surface area contributed by atoms with Crippen molar-refractivity contribution in [2.24, 2.45) is 11.8 Å². The van der Waals surface area contributed by atoms with E-state index in [1.807, 2.05) is 63.2 Å². The van der Waals surface area contributed by atoms with E-state index in [0.29, 0.717) is 24.0 Å². The molecular formula is C25H30N2O4. The summed E-state index contributed by atoms with van der Waals surface area (Å²) >= 11 is 0. The fraction of sp³-hybridized carbons (Fsp3) is 0.440. The maximum absolute atomic E-state index is 11.9. The van der Waals surface area contributed by atoms with Gasteiger partial charge in [0.15, 0.2) is 0 Å². The van der Waals surface area contributed by atoms with Gasteiger partial charge in [-0.25, -0.2) is 4.79 Å². The van der Waals surface area contributed by atoms with Crippen LogP contribution >= 0.6 is 0 Å². The zero-order valence-corrected chi connectivity index (χ0v) is 18.3. The van der Waals surface area contributed by atoms with Crippen molar-refractivity contribution in [1.29, 1.82) is 0 Å². The average Bonchev–Trinajstić information content (AvgIpc) is 3.16. The molecule has 0 radical (unpaired) electrons. The number of amides is 1. The van der Waals surface area contributed by atoms with Crippen molar-refractivity contribution in [2.45, 2.75) is 32.4 Å². The maximum atomic E-state index is 11.9. The minimum atomic E-state index is -0.466. The average molecular weight is 423 g/mol. The Kier molecular flexibility index (Phi) is 6.01. The molecule has 0 aromatic heterocycles. The third-order valence-corrected chi connectivity index (χ3v) is 5.82. The highest BCUT2D eigenvalue weighted by Crippen LogP contribution is 2.45. The number of ether oxygens (including phenoxy) is 2. The van der Waals surface area contributed by atoms with E-state index < -0.39 is 5.60 Å². The summed E-state index contributed by atoms with van der Waals surface area (Å²) in [5.74, 6) is 1.85. The van der Waals surface area contributed by atoms with E-state index in [1.165, 1.54) is 0 Å². The van der Waals surface area contributed by atoms with Gasteiger partial charge in [0, 0.05) is 31.2 Å². The van der Waals surface area contributed by atoms with Gasteiger partial charge in [-0.1, -0.05) is 30.3 Å². The highest BCUT2D eigenvalue weighted by atomic mass is 16.6. The summed E-state index contributed by atoms with van der Waals surface area (Å²) in [4.78, 5) is 25.3. The second-order valence-corrected chi connectivity index (χ2v) is 9.38. The molecule has 1 saturated carbocycles. The van der Waals surface area contributed by atoms with Crippen LogP contribution in [0.4, 0.5) is 4.79 Å². The molecule has 2 unspecified atom stereocenters. The molecule has 2 aromatic rings. The third-order valence-electron chi connectivity index (χ3n) is 5.82. The molecule has 6 nitrogen and oxygen atoms in total. The van der Waals surface area contributed by atoms with Gasteiger partial charge in [-0.2, -0.15) is 0 Å². The number of nitrogens with one attached hydrogen (secondary N) is 1. The zero-order valence-electron chi connectivity index (χ0n) is 18.3. The predicted octanol–water partition coefficient (Wildman–Crippen LogP) is 4.00. The first kappa shape index (κ1) is 21.4. The fourth-order valence-electron chi connectivity index (χ4n) is 4.30. The monoisotopic (exact) mass is 422 g/mol. The summed E-state index contributed by atoms with van der Waals surface area (Å²) < 4.78 is 11.3. The van der Waals surface area contributed by atoms with Crippen LogP contribution in [0, 0.1) is 11.8 Å². The zero-order chi connectivity index (χ0) is 22.0. The lowest BCUT2D eigenvalue weighted by Gasteiger charge is -2.22. The van der Waals surface area contributed by atoms with Crippen LogP contribution in [0.1, 0.15) is 31.1 Å². The topological polar surface area (TPSA) is 67.9 Å². The Hall–Kier alpha value is -2.86. The van der Waals surface area contributed by atoms with Crippen molar-refractivity contribution >= 4 is 12.4 Å². The van der Waals surface area contributed by atoms with E-state index >= 15 is 0 Å². The van der Waals surface area contributed by atoms with E-state index in [0.717, 1.165) is 42.8 Å². The smallest absolute Gasteiger partial charge is 0.407 e. The Labute approximate surface area is 183 Å². The Morgan fingerprint density at radius 3 is 2.45 bits per heavy atom. The molecule has 1 heterocycles. The van der Waals surface area contributed by atoms with Crippen molar-refractivity contribution < 1.29 is 19.1 Å². The number of benzene rings is 2. The van der Waals surface area contributed by atoms with Crippen LogP contribution in [0.5, 0.6) is 5.75 Å². The molecule has 6 heteroatoms. The molecule has 31 heavy (non-hydrogen) atoms. The first-order valence-corrected chi connectivity index (χ1v) is 10.8. The highest BCUT2D eigenvalue weighted by molar-refractivity contribution is 5.79. The summed E-state index contributed by atoms with van der Waals surface area (Å²) in [5, 5.41) is 3.00. The summed E-state index contributed by atoms with van der Waals surface area (Å²) in [6.45, 7) is 9.05. The first-order valence-electron chi connectivity index (χ1n) is 10.8. The SMILES string of the molecule is CC(C)(C)OC(=O)NC1C2CN(CCOc3cccc(-c4cccc(C=O)c4)c3)CC21. The Bertz CT molecular complexity index is 941. The van der Waals surface area contributed by atoms with Crippen LogP contribution in [-0.2, 0) is 4.74 Å². The number of carbonyl (C=O) groups is 2. The fourth-order valence-corrected chi connectivity index (χ4v) is 4.30. The molecule has 1 N–H and O–H groups in total. The number of likely N-dealkylation sites (tertiary alicyclic amines) is 1. The van der Waals surface area contributed by atoms with Gasteiger partial charge in [-0.3, -0.25) is 9.69 Å². The number of carbonyl (C=O) groups excluding carboxylic acids is 2. The lowest BCUT2D eigenvalue weighted by Crippen LogP contribution is -2.38. The minimum absolute atomic E-state index is 0.242. The van der Waals surface area contributed by atoms with Crippen LogP contribution in [0.25, 0.3) is 11.1 Å². The number of alkyl carbamates (subject to hydrolysis) is 1. The number of rotatable bonds is 7. The molecule has 164 valence electrons. The van der Waals surface area contributed by atoms with Crippen molar-refractivity contribution in [3.8, 4) is 16.9 Å². The summed E-state index contributed by atoms with van der Waals surface area (Å²) in [7, 11) is 0. The van der Waals surface area contributed by atoms with E-state index in [-0.39, 0.29) is 12.1 Å². The Balaban J connectivity index is 1.21. The lowest BCUT2D eigenvalue weighted by molar-refractivity contribution is 0.0513. The largest absolute Gasteiger partial charge is 0.492 e. The minimum Gasteiger partial charge on any atom is -0.492 e. The van der Waals surface area contributed by atoms with Crippen molar-refractivity contribution in [2.75, 3.05) is 26.2 Å². The normalized spacial score (nSPS) is 22.5. The van der Waals surface area contributed by atoms with Crippen LogP contribution in [-0.4, -0.2) is 55.2 Å². The summed E-state index contributed by atoms with van der Waals surface area (Å²) in [5.41, 5.74) is 2.22. The molecule has 0 spiro atoms. The van der Waals surface area contributed by atoms with E-state index in [9.17, 15) is 9.59 Å². The molecule has 1 saturated heterocycles. The first-order chi connectivity index (χ1) is 14.8. The molecular weight excluding hydrogens is 392 g/mol. The molecule has 2 fully saturated rings. The number of fused-ring (bicyclic) bond motifs is 1. The molecule has 1 aliphatic heterocycles. The standard InChI is InChI=1S/C25H30N2O4/c1-25(2,3)31-24(29)26-23-21-14-27(15-22(21)23)10-11-30-20-9-5-8-19(13-20)18-7-4-6-17(12-18)16-28/h4-9,12-13,16,21-23H,10-11,14-15H2,1-3H3,(H,26,29). The number of hydrogen-bond donors (Lipinski definition) is 1. The summed E-state index contributed by atoms with van der Waals surface area (Å²) in [6, 6.07) is 15.7. The Morgan fingerprint density at radius 1 is 1.10 bits per heavy atom. The molecule has 2 atom stereocenters. The molecule has 1 aliphatic carbocycles. The van der Waals surface area contributed by atoms with Gasteiger partial charge < -0.3 is 14.8 Å². The van der Waals surface area contributed by atoms with Gasteiger partial charge in [0.2, 0.25) is 0 Å². The van der Waals surface area contributed by atoms with Crippen LogP contribution in [0.2, 0.25) is 0 Å². The van der Waals surface area contributed by atoms with Gasteiger partial charge in [-0.15, -0.1) is 0 Å². The van der Waals surface area contributed by atoms with Crippen LogP contribution in [0.3, 0.4) is 0 Å². The molecule has 0 bridgehead atoms. The van der Waals surface area contributed by atoms with E-state index in [2.05, 4.69) is 10.2 Å². The van der Waals surface area contributed by atoms with Gasteiger partial charge >= 0.3 is 6.09 Å². The number of piperidine rings is 1. The number of aldehydes is 1. The number of hydrogen-bond acceptors (Lipinski definition) is 5. The van der Waals surface area contributed by atoms with Crippen LogP contribution < -0.4 is 10.1 Å². The molecule has 2 aromatic carbocycles.